The molecule has 0 saturated carbocycles. The highest BCUT2D eigenvalue weighted by Crippen LogP contribution is 2.23. The summed E-state index contributed by atoms with van der Waals surface area (Å²) in [6.07, 6.45) is 0.951. The van der Waals surface area contributed by atoms with Crippen LogP contribution in [0.15, 0.2) is 0 Å². The van der Waals surface area contributed by atoms with Crippen molar-refractivity contribution in [2.24, 2.45) is 5.41 Å². The number of carbonyl (C=O) groups excluding carboxylic acids is 1. The van der Waals surface area contributed by atoms with Crippen LogP contribution in [-0.4, -0.2) is 32.0 Å². The molecule has 0 aromatic heterocycles. The van der Waals surface area contributed by atoms with Crippen molar-refractivity contribution in [3.8, 4) is 0 Å². The molecule has 1 aliphatic rings. The molecule has 1 saturated heterocycles. The lowest BCUT2D eigenvalue weighted by Gasteiger charge is -2.39. The summed E-state index contributed by atoms with van der Waals surface area (Å²) >= 11 is 0. The van der Waals surface area contributed by atoms with Gasteiger partial charge in [0, 0.05) is 19.8 Å². The smallest absolute Gasteiger partial charge is 0.315 e. The number of urea groups is 1. The Morgan fingerprint density at radius 1 is 1.33 bits per heavy atom. The molecule has 0 spiro atoms. The summed E-state index contributed by atoms with van der Waals surface area (Å²) in [6, 6.07) is 0.281. The summed E-state index contributed by atoms with van der Waals surface area (Å²) in [4.78, 5) is 11.2. The van der Waals surface area contributed by atoms with Crippen molar-refractivity contribution in [3.05, 3.63) is 0 Å². The van der Waals surface area contributed by atoms with Gasteiger partial charge in [0.2, 0.25) is 0 Å². The van der Waals surface area contributed by atoms with Crippen LogP contribution in [0.2, 0.25) is 0 Å². The number of carbonyl (C=O) groups is 1. The zero-order chi connectivity index (χ0) is 11.5. The highest BCUT2D eigenvalue weighted by Gasteiger charge is 2.30. The molecule has 2 atom stereocenters. The maximum Gasteiger partial charge on any atom is 0.315 e. The van der Waals surface area contributed by atoms with Gasteiger partial charge in [0.05, 0.1) is 6.17 Å². The van der Waals surface area contributed by atoms with E-state index in [-0.39, 0.29) is 17.6 Å². The van der Waals surface area contributed by atoms with Crippen molar-refractivity contribution < 1.29 is 4.79 Å². The summed E-state index contributed by atoms with van der Waals surface area (Å²) < 4.78 is 0. The fraction of sp³-hybridized carbons (Fsp3) is 0.900. The third-order valence-corrected chi connectivity index (χ3v) is 2.75. The first kappa shape index (κ1) is 12.3. The second-order valence-corrected chi connectivity index (χ2v) is 5.02. The maximum atomic E-state index is 11.2. The number of hydrogen-bond donors (Lipinski definition) is 4. The van der Waals surface area contributed by atoms with Gasteiger partial charge in [0.25, 0.3) is 0 Å². The normalized spacial score (nSPS) is 27.2. The Kier molecular flexibility index (Phi) is 3.93. The lowest BCUT2D eigenvalue weighted by atomic mass is 9.83. The van der Waals surface area contributed by atoms with E-state index in [1.165, 1.54) is 0 Å². The molecule has 1 rings (SSSR count). The monoisotopic (exact) mass is 214 g/mol. The van der Waals surface area contributed by atoms with Crippen LogP contribution in [0.5, 0.6) is 0 Å². The molecule has 88 valence electrons. The fourth-order valence-corrected chi connectivity index (χ4v) is 1.71. The number of rotatable bonds is 1. The Hall–Kier alpha value is -0.810. The largest absolute Gasteiger partial charge is 0.341 e. The summed E-state index contributed by atoms with van der Waals surface area (Å²) in [6.45, 7) is 7.34. The fourth-order valence-electron chi connectivity index (χ4n) is 1.71. The van der Waals surface area contributed by atoms with E-state index in [1.54, 1.807) is 7.05 Å². The third-order valence-electron chi connectivity index (χ3n) is 2.75. The molecule has 0 aromatic rings. The molecule has 1 fully saturated rings. The average molecular weight is 214 g/mol. The Morgan fingerprint density at radius 3 is 2.53 bits per heavy atom. The van der Waals surface area contributed by atoms with Gasteiger partial charge in [-0.3, -0.25) is 5.32 Å². The Bertz CT molecular complexity index is 224. The Balaban J connectivity index is 2.46. The first-order valence-electron chi connectivity index (χ1n) is 5.38. The highest BCUT2D eigenvalue weighted by atomic mass is 16.2. The van der Waals surface area contributed by atoms with Crippen LogP contribution in [0.1, 0.15) is 27.2 Å². The SMILES string of the molecule is CNC(=O)NC1CC(C(C)(C)C)NCN1. The number of hydrogen-bond acceptors (Lipinski definition) is 3. The summed E-state index contributed by atoms with van der Waals surface area (Å²) in [5.74, 6) is 0. The van der Waals surface area contributed by atoms with E-state index < -0.39 is 0 Å². The molecule has 0 bridgehead atoms. The first-order chi connectivity index (χ1) is 6.93. The van der Waals surface area contributed by atoms with Crippen LogP contribution in [0.25, 0.3) is 0 Å². The average Bonchev–Trinajstić information content (AvgIpc) is 2.17. The molecule has 0 radical (unpaired) electrons. The zero-order valence-corrected chi connectivity index (χ0v) is 9.98. The molecule has 15 heavy (non-hydrogen) atoms. The molecule has 4 N–H and O–H groups in total. The molecular weight excluding hydrogens is 192 g/mol. The second-order valence-electron chi connectivity index (χ2n) is 5.02. The highest BCUT2D eigenvalue weighted by molar-refractivity contribution is 5.73. The van der Waals surface area contributed by atoms with Crippen molar-refractivity contribution in [2.45, 2.75) is 39.4 Å². The number of nitrogens with one attached hydrogen (secondary N) is 4. The van der Waals surface area contributed by atoms with Gasteiger partial charge in [0.15, 0.2) is 0 Å². The first-order valence-corrected chi connectivity index (χ1v) is 5.38. The van der Waals surface area contributed by atoms with E-state index in [4.69, 9.17) is 0 Å². The van der Waals surface area contributed by atoms with Gasteiger partial charge < -0.3 is 16.0 Å². The standard InChI is InChI=1S/C10H22N4O/c1-10(2,3)7-5-8(13-6-12-7)14-9(15)11-4/h7-8,12-13H,5-6H2,1-4H3,(H2,11,14,15). The van der Waals surface area contributed by atoms with Crippen molar-refractivity contribution >= 4 is 6.03 Å². The van der Waals surface area contributed by atoms with Crippen molar-refractivity contribution in [2.75, 3.05) is 13.7 Å². The van der Waals surface area contributed by atoms with Crippen molar-refractivity contribution in [1.82, 2.24) is 21.3 Å². The summed E-state index contributed by atoms with van der Waals surface area (Å²) in [7, 11) is 1.62. The molecule has 5 heteroatoms. The second kappa shape index (κ2) is 4.81. The van der Waals surface area contributed by atoms with Gasteiger partial charge in [0.1, 0.15) is 0 Å². The van der Waals surface area contributed by atoms with Gasteiger partial charge >= 0.3 is 6.03 Å². The van der Waals surface area contributed by atoms with E-state index in [1.807, 2.05) is 0 Å². The number of amides is 2. The van der Waals surface area contributed by atoms with E-state index in [0.29, 0.717) is 6.04 Å². The van der Waals surface area contributed by atoms with E-state index in [0.717, 1.165) is 13.1 Å². The molecule has 0 aromatic carbocycles. The van der Waals surface area contributed by atoms with E-state index in [2.05, 4.69) is 42.0 Å². The van der Waals surface area contributed by atoms with Crippen molar-refractivity contribution in [3.63, 3.8) is 0 Å². The molecule has 1 heterocycles. The van der Waals surface area contributed by atoms with Gasteiger partial charge in [-0.15, -0.1) is 0 Å². The van der Waals surface area contributed by atoms with Crippen LogP contribution in [-0.2, 0) is 0 Å². The summed E-state index contributed by atoms with van der Waals surface area (Å²) in [5, 5.41) is 12.0. The minimum atomic E-state index is -0.137. The van der Waals surface area contributed by atoms with Crippen LogP contribution >= 0.6 is 0 Å². The molecular formula is C10H22N4O. The van der Waals surface area contributed by atoms with E-state index >= 15 is 0 Å². The lowest BCUT2D eigenvalue weighted by Crippen LogP contribution is -2.61. The molecule has 0 aliphatic carbocycles. The third kappa shape index (κ3) is 3.68. The predicted molar refractivity (Wildman–Crippen MR) is 60.4 cm³/mol. The Labute approximate surface area is 91.4 Å². The van der Waals surface area contributed by atoms with Gasteiger partial charge in [-0.05, 0) is 11.8 Å². The molecule has 2 unspecified atom stereocenters. The van der Waals surface area contributed by atoms with E-state index in [9.17, 15) is 4.79 Å². The molecule has 2 amide bonds. The minimum Gasteiger partial charge on any atom is -0.341 e. The van der Waals surface area contributed by atoms with Crippen LogP contribution in [0, 0.1) is 5.41 Å². The van der Waals surface area contributed by atoms with Crippen LogP contribution < -0.4 is 21.3 Å². The zero-order valence-electron chi connectivity index (χ0n) is 9.98. The summed E-state index contributed by atoms with van der Waals surface area (Å²) in [5.41, 5.74) is 0.213. The maximum absolute atomic E-state index is 11.2. The lowest BCUT2D eigenvalue weighted by molar-refractivity contribution is 0.175. The van der Waals surface area contributed by atoms with Gasteiger partial charge in [-0.1, -0.05) is 20.8 Å². The topological polar surface area (TPSA) is 65.2 Å². The minimum absolute atomic E-state index is 0.0513. The van der Waals surface area contributed by atoms with Crippen molar-refractivity contribution in [1.29, 1.82) is 0 Å². The van der Waals surface area contributed by atoms with Crippen LogP contribution in [0.3, 0.4) is 0 Å². The predicted octanol–water partition coefficient (Wildman–Crippen LogP) is 0.197. The molecule has 1 aliphatic heterocycles. The quantitative estimate of drug-likeness (QED) is 0.504. The van der Waals surface area contributed by atoms with Gasteiger partial charge in [-0.2, -0.15) is 0 Å². The Morgan fingerprint density at radius 2 is 2.00 bits per heavy atom. The van der Waals surface area contributed by atoms with Gasteiger partial charge in [-0.25, -0.2) is 4.79 Å². The van der Waals surface area contributed by atoms with Crippen LogP contribution in [0.4, 0.5) is 4.79 Å². The molecule has 5 nitrogen and oxygen atoms in total.